The summed E-state index contributed by atoms with van der Waals surface area (Å²) in [5.74, 6) is -1.79. The Morgan fingerprint density at radius 2 is 1.60 bits per heavy atom. The highest BCUT2D eigenvalue weighted by atomic mass is 19.4. The van der Waals surface area contributed by atoms with Gasteiger partial charge in [-0.1, -0.05) is 48.5 Å². The molecule has 40 heavy (non-hydrogen) atoms. The van der Waals surface area contributed by atoms with E-state index in [9.17, 15) is 18.0 Å². The van der Waals surface area contributed by atoms with Crippen molar-refractivity contribution in [3.05, 3.63) is 90.4 Å². The molecule has 0 spiro atoms. The molecular weight excluding hydrogens is 525 g/mol. The summed E-state index contributed by atoms with van der Waals surface area (Å²) in [6, 6.07) is 24.2. The van der Waals surface area contributed by atoms with Crippen LogP contribution < -0.4 is 10.0 Å². The maximum atomic E-state index is 13.4. The van der Waals surface area contributed by atoms with Crippen LogP contribution in [0.1, 0.15) is 30.6 Å². The molecule has 1 atom stereocenters. The molecular formula is C30H33F3N2O5. The number of quaternary nitrogens is 1. The molecule has 0 aliphatic carbocycles. The van der Waals surface area contributed by atoms with Gasteiger partial charge in [-0.25, -0.2) is 4.79 Å². The minimum absolute atomic E-state index is 0.0143. The molecule has 0 N–H and O–H groups in total. The van der Waals surface area contributed by atoms with E-state index in [1.165, 1.54) is 25.1 Å². The third-order valence-corrected chi connectivity index (χ3v) is 7.65. The topological polar surface area (TPSA) is 82.8 Å². The van der Waals surface area contributed by atoms with Gasteiger partial charge >= 0.3 is 12.3 Å². The van der Waals surface area contributed by atoms with E-state index in [0.717, 1.165) is 48.3 Å². The van der Waals surface area contributed by atoms with Crippen molar-refractivity contribution in [3.8, 4) is 0 Å². The highest BCUT2D eigenvalue weighted by Crippen LogP contribution is 2.36. The molecule has 7 nitrogen and oxygen atoms in total. The first kappa shape index (κ1) is 29.2. The van der Waals surface area contributed by atoms with Crippen LogP contribution in [0.25, 0.3) is 0 Å². The first-order valence-corrected chi connectivity index (χ1v) is 13.4. The summed E-state index contributed by atoms with van der Waals surface area (Å²) >= 11 is 0. The van der Waals surface area contributed by atoms with Gasteiger partial charge in [-0.2, -0.15) is 13.2 Å². The fraction of sp³-hybridized carbons (Fsp3) is 0.400. The van der Waals surface area contributed by atoms with E-state index < -0.39 is 12.1 Å². The largest absolute Gasteiger partial charge is 0.542 e. The van der Waals surface area contributed by atoms with E-state index in [2.05, 4.69) is 30.3 Å². The molecule has 3 aromatic rings. The third kappa shape index (κ3) is 7.88. The number of benzene rings is 2. The van der Waals surface area contributed by atoms with Crippen LogP contribution in [0.3, 0.4) is 0 Å². The summed E-state index contributed by atoms with van der Waals surface area (Å²) in [5.41, 5.74) is 2.23. The zero-order valence-electron chi connectivity index (χ0n) is 22.1. The van der Waals surface area contributed by atoms with Crippen molar-refractivity contribution in [2.45, 2.75) is 44.5 Å². The Morgan fingerprint density at radius 3 is 2.17 bits per heavy atom. The molecule has 3 saturated heterocycles. The van der Waals surface area contributed by atoms with Gasteiger partial charge in [-0.05, 0) is 36.2 Å². The number of furan rings is 1. The second-order valence-corrected chi connectivity index (χ2v) is 10.3. The lowest BCUT2D eigenvalue weighted by Gasteiger charge is -2.52. The number of carbonyl (C=O) groups is 2. The Hall–Kier alpha value is -3.79. The van der Waals surface area contributed by atoms with Crippen LogP contribution in [0.2, 0.25) is 0 Å². The summed E-state index contributed by atoms with van der Waals surface area (Å²) in [6.45, 7) is 4.88. The quantitative estimate of drug-likeness (QED) is 0.365. The molecule has 2 aromatic carbocycles. The highest BCUT2D eigenvalue weighted by molar-refractivity contribution is 5.87. The fourth-order valence-corrected chi connectivity index (χ4v) is 5.55. The van der Waals surface area contributed by atoms with Crippen molar-refractivity contribution in [2.24, 2.45) is 5.92 Å². The number of carboxylic acids is 1. The van der Waals surface area contributed by atoms with Crippen molar-refractivity contribution in [1.29, 1.82) is 0 Å². The molecule has 1 amide bonds. The number of aliphatic carboxylic acids is 1. The Labute approximate surface area is 231 Å². The van der Waals surface area contributed by atoms with Crippen molar-refractivity contribution in [2.75, 3.05) is 31.1 Å². The summed E-state index contributed by atoms with van der Waals surface area (Å²) in [5, 5.41) is 8.78. The van der Waals surface area contributed by atoms with E-state index in [0.29, 0.717) is 12.5 Å². The van der Waals surface area contributed by atoms with Gasteiger partial charge < -0.3 is 23.5 Å². The molecule has 214 valence electrons. The van der Waals surface area contributed by atoms with Crippen LogP contribution in [0, 0.1) is 5.92 Å². The number of nitrogens with zero attached hydrogens (tertiary/aromatic N) is 2. The Bertz CT molecular complexity index is 1210. The van der Waals surface area contributed by atoms with E-state index in [-0.39, 0.29) is 12.2 Å². The van der Waals surface area contributed by atoms with Crippen molar-refractivity contribution >= 4 is 17.7 Å². The summed E-state index contributed by atoms with van der Waals surface area (Å²) in [6.07, 6.45) is 0.725. The molecule has 2 bridgehead atoms. The van der Waals surface area contributed by atoms with Crippen LogP contribution in [-0.2, 0) is 22.5 Å². The molecule has 0 saturated carbocycles. The average Bonchev–Trinajstić information content (AvgIpc) is 3.47. The number of anilines is 1. The number of alkyl halides is 3. The summed E-state index contributed by atoms with van der Waals surface area (Å²) in [4.78, 5) is 23.8. The Balaban J connectivity index is 0.000000470. The first-order valence-electron chi connectivity index (χ1n) is 13.4. The Morgan fingerprint density at radius 1 is 0.975 bits per heavy atom. The molecule has 1 aromatic heterocycles. The monoisotopic (exact) mass is 558 g/mol. The maximum absolute atomic E-state index is 13.4. The van der Waals surface area contributed by atoms with E-state index in [4.69, 9.17) is 19.1 Å². The van der Waals surface area contributed by atoms with Crippen molar-refractivity contribution in [3.63, 3.8) is 0 Å². The van der Waals surface area contributed by atoms with Crippen LogP contribution in [0.5, 0.6) is 0 Å². The second kappa shape index (κ2) is 13.0. The molecule has 10 heteroatoms. The van der Waals surface area contributed by atoms with Crippen LogP contribution in [0.4, 0.5) is 23.7 Å². The molecule has 3 aliphatic rings. The smallest absolute Gasteiger partial charge is 0.430 e. The van der Waals surface area contributed by atoms with Gasteiger partial charge in [0.1, 0.15) is 18.3 Å². The number of hydrogen-bond acceptors (Lipinski definition) is 5. The number of fused-ring (bicyclic) bond motifs is 3. The summed E-state index contributed by atoms with van der Waals surface area (Å²) in [7, 11) is 0. The van der Waals surface area contributed by atoms with Gasteiger partial charge in [-0.3, -0.25) is 4.90 Å². The number of amides is 1. The molecule has 0 radical (unpaired) electrons. The number of aryl methyl sites for hydroxylation is 1. The van der Waals surface area contributed by atoms with Gasteiger partial charge in [0.25, 0.3) is 0 Å². The first-order chi connectivity index (χ1) is 19.2. The van der Waals surface area contributed by atoms with E-state index in [1.807, 2.05) is 42.5 Å². The lowest BCUT2D eigenvalue weighted by Crippen LogP contribution is -2.65. The number of carbonyl (C=O) groups excluding carboxylic acids is 2. The average molecular weight is 559 g/mol. The van der Waals surface area contributed by atoms with Gasteiger partial charge in [-0.15, -0.1) is 0 Å². The zero-order chi connectivity index (χ0) is 28.6. The fourth-order valence-electron chi connectivity index (χ4n) is 5.55. The molecule has 4 heterocycles. The Kier molecular flexibility index (Phi) is 9.52. The molecule has 6 rings (SSSR count). The van der Waals surface area contributed by atoms with E-state index >= 15 is 0 Å². The number of ether oxygens (including phenoxy) is 1. The zero-order valence-corrected chi connectivity index (χ0v) is 22.1. The maximum Gasteiger partial charge on any atom is 0.430 e. The molecule has 3 aliphatic heterocycles. The van der Waals surface area contributed by atoms with Crippen molar-refractivity contribution < 1.29 is 41.5 Å². The minimum atomic E-state index is -5.19. The third-order valence-electron chi connectivity index (χ3n) is 7.65. The van der Waals surface area contributed by atoms with Gasteiger partial charge in [0, 0.05) is 30.9 Å². The molecule has 3 fully saturated rings. The lowest BCUT2D eigenvalue weighted by molar-refractivity contribution is -0.946. The molecule has 0 unspecified atom stereocenters. The van der Waals surface area contributed by atoms with Crippen LogP contribution >= 0.6 is 0 Å². The van der Waals surface area contributed by atoms with E-state index in [1.54, 1.807) is 11.2 Å². The number of para-hydroxylation sites is 1. The van der Waals surface area contributed by atoms with Crippen LogP contribution in [-0.4, -0.2) is 55.0 Å². The highest BCUT2D eigenvalue weighted by Gasteiger charge is 2.47. The predicted molar refractivity (Wildman–Crippen MR) is 140 cm³/mol. The number of hydrogen-bond donors (Lipinski definition) is 0. The van der Waals surface area contributed by atoms with Crippen molar-refractivity contribution in [1.82, 2.24) is 0 Å². The lowest BCUT2D eigenvalue weighted by atomic mass is 9.83. The van der Waals surface area contributed by atoms with Crippen LogP contribution in [0.15, 0.2) is 83.5 Å². The second-order valence-electron chi connectivity index (χ2n) is 10.3. The SMILES string of the molecule is O=C(O[C@H]1C[N+]2(CCCc3ccccc3)CCC1CC2)N(Cc1ccco1)c1ccccc1.O=C([O-])C(F)(F)F. The number of carboxylic acid groups (broad SMARTS) is 1. The summed E-state index contributed by atoms with van der Waals surface area (Å²) < 4.78 is 44.4. The van der Waals surface area contributed by atoms with Gasteiger partial charge in [0.2, 0.25) is 0 Å². The minimum Gasteiger partial charge on any atom is -0.542 e. The predicted octanol–water partition coefficient (Wildman–Crippen LogP) is 4.96. The number of piperidine rings is 3. The number of halogens is 3. The standard InChI is InChI=1S/C28H33N2O3.C2HF3O2/c31-28(29(21-26-14-8-20-32-26)25-12-5-2-6-13-25)33-27-22-30(18-15-24(27)16-19-30)17-7-11-23-9-3-1-4-10-23;3-2(4,5)1(6)7/h1-6,8-10,12-14,20,24,27H,7,11,15-19,21-22H2;(H,6,7)/q+1;/p-1/t24?,27-,30?;/m0./s1. The number of rotatable bonds is 8. The van der Waals surface area contributed by atoms with Gasteiger partial charge in [0.05, 0.1) is 32.4 Å². The normalized spacial score (nSPS) is 21.7. The van der Waals surface area contributed by atoms with Gasteiger partial charge in [0.15, 0.2) is 6.10 Å².